The van der Waals surface area contributed by atoms with Gasteiger partial charge in [-0.2, -0.15) is 0 Å². The second kappa shape index (κ2) is 5.37. The number of carboxylic acid groups (broad SMARTS) is 1. The van der Waals surface area contributed by atoms with Crippen LogP contribution in [0.3, 0.4) is 0 Å². The fourth-order valence-corrected chi connectivity index (χ4v) is 4.69. The molecule has 1 aromatic heterocycles. The van der Waals surface area contributed by atoms with Gasteiger partial charge in [0.1, 0.15) is 0 Å². The molecule has 2 fully saturated rings. The molecule has 0 aliphatic carbocycles. The molecule has 2 bridgehead atoms. The lowest BCUT2D eigenvalue weighted by Crippen LogP contribution is -2.43. The van der Waals surface area contributed by atoms with Gasteiger partial charge in [0.25, 0.3) is 0 Å². The van der Waals surface area contributed by atoms with Gasteiger partial charge in [0, 0.05) is 17.0 Å². The van der Waals surface area contributed by atoms with Gasteiger partial charge in [-0.05, 0) is 47.3 Å². The molecule has 3 heterocycles. The summed E-state index contributed by atoms with van der Waals surface area (Å²) in [5, 5.41) is 12.1. The standard InChI is InChI=1S/C13H15BrN2O3S/c14-11-4-2-8(20-11)6-15-13(19)16-7-1-3-10(16)9(5-7)12(17)18/h2,4,7,9-10H,1,3,5-6H2,(H,15,19)(H,17,18). The fourth-order valence-electron chi connectivity index (χ4n) is 3.27. The molecule has 1 aromatic rings. The molecule has 2 aliphatic rings. The smallest absolute Gasteiger partial charge is 0.318 e. The van der Waals surface area contributed by atoms with E-state index in [1.165, 1.54) is 0 Å². The summed E-state index contributed by atoms with van der Waals surface area (Å²) in [7, 11) is 0. The normalized spacial score (nSPS) is 27.9. The molecule has 3 rings (SSSR count). The van der Waals surface area contributed by atoms with Crippen LogP contribution in [0.25, 0.3) is 0 Å². The van der Waals surface area contributed by atoms with Gasteiger partial charge in [-0.25, -0.2) is 4.79 Å². The number of carbonyl (C=O) groups is 2. The molecule has 2 amide bonds. The minimum atomic E-state index is -0.780. The van der Waals surface area contributed by atoms with Crippen LogP contribution >= 0.6 is 27.3 Å². The van der Waals surface area contributed by atoms with Gasteiger partial charge in [-0.3, -0.25) is 4.79 Å². The second-order valence-electron chi connectivity index (χ2n) is 5.25. The van der Waals surface area contributed by atoms with E-state index in [4.69, 9.17) is 0 Å². The van der Waals surface area contributed by atoms with Crippen molar-refractivity contribution in [1.82, 2.24) is 10.2 Å². The number of hydrogen-bond acceptors (Lipinski definition) is 3. The Hall–Kier alpha value is -1.08. The zero-order valence-corrected chi connectivity index (χ0v) is 13.1. The number of rotatable bonds is 3. The van der Waals surface area contributed by atoms with Crippen molar-refractivity contribution in [3.8, 4) is 0 Å². The number of halogens is 1. The van der Waals surface area contributed by atoms with Gasteiger partial charge < -0.3 is 15.3 Å². The molecule has 5 nitrogen and oxygen atoms in total. The van der Waals surface area contributed by atoms with Crippen LogP contribution in [-0.2, 0) is 11.3 Å². The molecule has 0 radical (unpaired) electrons. The van der Waals surface area contributed by atoms with Crippen LogP contribution in [0.4, 0.5) is 4.79 Å². The Bertz CT molecular complexity index is 547. The zero-order valence-electron chi connectivity index (χ0n) is 10.7. The summed E-state index contributed by atoms with van der Waals surface area (Å²) >= 11 is 4.97. The fraction of sp³-hybridized carbons (Fsp3) is 0.538. The molecule has 2 saturated heterocycles. The SMILES string of the molecule is O=C(O)C1CC2CCC1N2C(=O)NCc1ccc(Br)s1. The average molecular weight is 359 g/mol. The molecule has 0 spiro atoms. The predicted molar refractivity (Wildman–Crippen MR) is 78.6 cm³/mol. The molecule has 108 valence electrons. The number of aliphatic carboxylic acids is 1. The van der Waals surface area contributed by atoms with Crippen molar-refractivity contribution in [1.29, 1.82) is 0 Å². The maximum absolute atomic E-state index is 12.3. The Balaban J connectivity index is 1.62. The summed E-state index contributed by atoms with van der Waals surface area (Å²) in [5.41, 5.74) is 0. The van der Waals surface area contributed by atoms with Crippen molar-refractivity contribution in [3.05, 3.63) is 20.8 Å². The topological polar surface area (TPSA) is 69.6 Å². The van der Waals surface area contributed by atoms with Crippen molar-refractivity contribution < 1.29 is 14.7 Å². The van der Waals surface area contributed by atoms with E-state index in [0.717, 1.165) is 21.5 Å². The molecule has 0 saturated carbocycles. The molecule has 3 unspecified atom stereocenters. The van der Waals surface area contributed by atoms with E-state index in [1.54, 1.807) is 16.2 Å². The Morgan fingerprint density at radius 2 is 2.25 bits per heavy atom. The summed E-state index contributed by atoms with van der Waals surface area (Å²) in [4.78, 5) is 26.3. The zero-order chi connectivity index (χ0) is 14.3. The number of fused-ring (bicyclic) bond motifs is 2. The Labute approximate surface area is 129 Å². The summed E-state index contributed by atoms with van der Waals surface area (Å²) in [6, 6.07) is 3.74. The summed E-state index contributed by atoms with van der Waals surface area (Å²) in [6.45, 7) is 0.489. The lowest BCUT2D eigenvalue weighted by atomic mass is 9.89. The lowest BCUT2D eigenvalue weighted by Gasteiger charge is -2.23. The largest absolute Gasteiger partial charge is 0.481 e. The highest BCUT2D eigenvalue weighted by Crippen LogP contribution is 2.41. The number of amides is 2. The van der Waals surface area contributed by atoms with Crippen LogP contribution in [-0.4, -0.2) is 34.1 Å². The molecule has 20 heavy (non-hydrogen) atoms. The van der Waals surface area contributed by atoms with Crippen molar-refractivity contribution in [2.24, 2.45) is 5.92 Å². The number of carboxylic acids is 1. The number of thiophene rings is 1. The first-order valence-corrected chi connectivity index (χ1v) is 8.20. The van der Waals surface area contributed by atoms with E-state index in [1.807, 2.05) is 12.1 Å². The first kappa shape index (κ1) is 13.9. The predicted octanol–water partition coefficient (Wildman–Crippen LogP) is 2.66. The third-order valence-electron chi connectivity index (χ3n) is 4.13. The quantitative estimate of drug-likeness (QED) is 0.872. The average Bonchev–Trinajstić information content (AvgIpc) is 3.09. The number of nitrogens with zero attached hydrogens (tertiary/aromatic N) is 1. The van der Waals surface area contributed by atoms with E-state index in [9.17, 15) is 14.7 Å². The van der Waals surface area contributed by atoms with Crippen LogP contribution in [0.1, 0.15) is 24.1 Å². The van der Waals surface area contributed by atoms with Crippen molar-refractivity contribution in [2.75, 3.05) is 0 Å². The third kappa shape index (κ3) is 2.44. The Morgan fingerprint density at radius 3 is 2.85 bits per heavy atom. The number of urea groups is 1. The molecule has 2 aliphatic heterocycles. The van der Waals surface area contributed by atoms with Gasteiger partial charge in [-0.1, -0.05) is 0 Å². The third-order valence-corrected chi connectivity index (χ3v) is 5.75. The number of carbonyl (C=O) groups excluding carboxylic acids is 1. The van der Waals surface area contributed by atoms with Crippen LogP contribution in [0.5, 0.6) is 0 Å². The monoisotopic (exact) mass is 358 g/mol. The minimum absolute atomic E-state index is 0.0937. The molecular formula is C13H15BrN2O3S. The van der Waals surface area contributed by atoms with Gasteiger partial charge in [0.15, 0.2) is 0 Å². The number of nitrogens with one attached hydrogen (secondary N) is 1. The van der Waals surface area contributed by atoms with E-state index in [0.29, 0.717) is 13.0 Å². The van der Waals surface area contributed by atoms with Gasteiger partial charge >= 0.3 is 12.0 Å². The molecule has 7 heteroatoms. The van der Waals surface area contributed by atoms with E-state index in [-0.39, 0.29) is 18.1 Å². The highest BCUT2D eigenvalue weighted by Gasteiger charge is 2.51. The summed E-state index contributed by atoms with van der Waals surface area (Å²) in [5.74, 6) is -1.17. The molecule has 3 atom stereocenters. The van der Waals surface area contributed by atoms with Crippen LogP contribution < -0.4 is 5.32 Å². The first-order valence-electron chi connectivity index (χ1n) is 6.59. The van der Waals surface area contributed by atoms with Crippen LogP contribution in [0, 0.1) is 5.92 Å². The van der Waals surface area contributed by atoms with Crippen molar-refractivity contribution >= 4 is 39.3 Å². The molecule has 0 aromatic carbocycles. The Morgan fingerprint density at radius 1 is 1.45 bits per heavy atom. The highest BCUT2D eigenvalue weighted by atomic mass is 79.9. The number of hydrogen-bond donors (Lipinski definition) is 2. The van der Waals surface area contributed by atoms with Gasteiger partial charge in [0.05, 0.1) is 16.2 Å². The van der Waals surface area contributed by atoms with Crippen molar-refractivity contribution in [3.63, 3.8) is 0 Å². The summed E-state index contributed by atoms with van der Waals surface area (Å²) in [6.07, 6.45) is 2.32. The van der Waals surface area contributed by atoms with E-state index < -0.39 is 11.9 Å². The Kier molecular flexibility index (Phi) is 3.72. The van der Waals surface area contributed by atoms with Crippen LogP contribution in [0.15, 0.2) is 15.9 Å². The molecular weight excluding hydrogens is 344 g/mol. The maximum atomic E-state index is 12.3. The van der Waals surface area contributed by atoms with Crippen LogP contribution in [0.2, 0.25) is 0 Å². The maximum Gasteiger partial charge on any atom is 0.318 e. The summed E-state index contributed by atoms with van der Waals surface area (Å²) < 4.78 is 1.04. The first-order chi connectivity index (χ1) is 9.56. The molecule has 2 N–H and O–H groups in total. The van der Waals surface area contributed by atoms with E-state index >= 15 is 0 Å². The van der Waals surface area contributed by atoms with Crippen molar-refractivity contribution in [2.45, 2.75) is 37.9 Å². The van der Waals surface area contributed by atoms with Gasteiger partial charge in [0.2, 0.25) is 0 Å². The highest BCUT2D eigenvalue weighted by molar-refractivity contribution is 9.11. The lowest BCUT2D eigenvalue weighted by molar-refractivity contribution is -0.142. The minimum Gasteiger partial charge on any atom is -0.481 e. The van der Waals surface area contributed by atoms with E-state index in [2.05, 4.69) is 21.2 Å². The second-order valence-corrected chi connectivity index (χ2v) is 7.80. The van der Waals surface area contributed by atoms with Gasteiger partial charge in [-0.15, -0.1) is 11.3 Å².